The van der Waals surface area contributed by atoms with E-state index in [-0.39, 0.29) is 5.91 Å². The van der Waals surface area contributed by atoms with E-state index in [9.17, 15) is 4.79 Å². The molecule has 3 heterocycles. The molecule has 1 aromatic carbocycles. The molecule has 4 aromatic rings. The molecule has 1 amide bonds. The van der Waals surface area contributed by atoms with Gasteiger partial charge < -0.3 is 4.74 Å². The number of rotatable bonds is 6. The maximum atomic E-state index is 13.3. The van der Waals surface area contributed by atoms with Gasteiger partial charge in [0.1, 0.15) is 11.3 Å². The number of carbonyl (C=O) groups excluding carboxylic acids is 1. The fourth-order valence-corrected chi connectivity index (χ4v) is 5.06. The molecule has 3 aromatic heterocycles. The monoisotopic (exact) mass is 473 g/mol. The summed E-state index contributed by atoms with van der Waals surface area (Å²) in [6.07, 6.45) is 1.73. The number of amides is 1. The second-order valence-corrected chi connectivity index (χ2v) is 9.32. The van der Waals surface area contributed by atoms with Gasteiger partial charge >= 0.3 is 0 Å². The molecule has 0 radical (unpaired) electrons. The highest BCUT2D eigenvalue weighted by Gasteiger charge is 2.24. The highest BCUT2D eigenvalue weighted by molar-refractivity contribution is 9.11. The number of benzene rings is 1. The summed E-state index contributed by atoms with van der Waals surface area (Å²) >= 11 is 6.31. The van der Waals surface area contributed by atoms with Gasteiger partial charge in [-0.1, -0.05) is 23.5 Å². The van der Waals surface area contributed by atoms with Crippen LogP contribution in [0.15, 0.2) is 58.5 Å². The largest absolute Gasteiger partial charge is 0.492 e. The van der Waals surface area contributed by atoms with Crippen LogP contribution in [-0.4, -0.2) is 22.5 Å². The third-order valence-corrected chi connectivity index (χ3v) is 6.63. The predicted octanol–water partition coefficient (Wildman–Crippen LogP) is 5.76. The van der Waals surface area contributed by atoms with Crippen molar-refractivity contribution in [1.82, 2.24) is 9.97 Å². The SMILES string of the molecule is CCOc1cccc2sc(N(Cc3ccccn3)C(=O)c3ccc(Br)s3)nc12. The number of pyridine rings is 1. The third-order valence-electron chi connectivity index (χ3n) is 3.98. The minimum Gasteiger partial charge on any atom is -0.492 e. The summed E-state index contributed by atoms with van der Waals surface area (Å²) in [5.41, 5.74) is 1.58. The molecule has 0 N–H and O–H groups in total. The van der Waals surface area contributed by atoms with Crippen LogP contribution in [0.2, 0.25) is 0 Å². The highest BCUT2D eigenvalue weighted by Crippen LogP contribution is 2.36. The molecule has 0 fully saturated rings. The smallest absolute Gasteiger partial charge is 0.270 e. The lowest BCUT2D eigenvalue weighted by Crippen LogP contribution is -2.30. The molecule has 4 rings (SSSR count). The Balaban J connectivity index is 1.77. The maximum Gasteiger partial charge on any atom is 0.270 e. The molecule has 0 bridgehead atoms. The summed E-state index contributed by atoms with van der Waals surface area (Å²) in [7, 11) is 0. The third kappa shape index (κ3) is 3.94. The first-order valence-electron chi connectivity index (χ1n) is 8.65. The molecule has 0 atom stereocenters. The maximum absolute atomic E-state index is 13.3. The average molecular weight is 474 g/mol. The van der Waals surface area contributed by atoms with Crippen LogP contribution in [0.1, 0.15) is 22.3 Å². The van der Waals surface area contributed by atoms with Crippen LogP contribution >= 0.6 is 38.6 Å². The summed E-state index contributed by atoms with van der Waals surface area (Å²) in [4.78, 5) is 24.7. The first-order chi connectivity index (χ1) is 13.7. The van der Waals surface area contributed by atoms with Crippen molar-refractivity contribution in [2.75, 3.05) is 11.5 Å². The van der Waals surface area contributed by atoms with Gasteiger partial charge in [-0.05, 0) is 59.3 Å². The van der Waals surface area contributed by atoms with Gasteiger partial charge in [0.05, 0.1) is 32.2 Å². The van der Waals surface area contributed by atoms with Crippen molar-refractivity contribution >= 4 is 59.9 Å². The number of fused-ring (bicyclic) bond motifs is 1. The van der Waals surface area contributed by atoms with Crippen LogP contribution in [-0.2, 0) is 6.54 Å². The summed E-state index contributed by atoms with van der Waals surface area (Å²) in [5.74, 6) is 0.630. The lowest BCUT2D eigenvalue weighted by molar-refractivity contribution is 0.0988. The molecule has 0 spiro atoms. The second kappa shape index (κ2) is 8.38. The number of halogens is 1. The van der Waals surface area contributed by atoms with Crippen molar-refractivity contribution in [3.8, 4) is 5.75 Å². The van der Waals surface area contributed by atoms with E-state index >= 15 is 0 Å². The van der Waals surface area contributed by atoms with Crippen molar-refractivity contribution in [3.05, 3.63) is 69.1 Å². The van der Waals surface area contributed by atoms with Crippen molar-refractivity contribution in [2.24, 2.45) is 0 Å². The quantitative estimate of drug-likeness (QED) is 0.357. The standard InChI is InChI=1S/C20H16BrN3O2S2/c1-2-26-14-7-5-8-15-18(14)23-20(28-15)24(12-13-6-3-4-11-22-13)19(25)16-9-10-17(21)27-16/h3-11H,2,12H2,1H3. The molecule has 0 aliphatic heterocycles. The van der Waals surface area contributed by atoms with Crippen molar-refractivity contribution in [3.63, 3.8) is 0 Å². The Bertz CT molecular complexity index is 1110. The van der Waals surface area contributed by atoms with Crippen LogP contribution in [0, 0.1) is 0 Å². The lowest BCUT2D eigenvalue weighted by Gasteiger charge is -2.18. The van der Waals surface area contributed by atoms with Gasteiger partial charge in [0, 0.05) is 6.20 Å². The molecule has 8 heteroatoms. The Morgan fingerprint density at radius 3 is 2.75 bits per heavy atom. The van der Waals surface area contributed by atoms with E-state index in [1.807, 2.05) is 55.5 Å². The van der Waals surface area contributed by atoms with Gasteiger partial charge in [0.2, 0.25) is 0 Å². The first-order valence-corrected chi connectivity index (χ1v) is 11.1. The first kappa shape index (κ1) is 19.0. The van der Waals surface area contributed by atoms with E-state index < -0.39 is 0 Å². The van der Waals surface area contributed by atoms with Gasteiger partial charge in [-0.25, -0.2) is 4.98 Å². The van der Waals surface area contributed by atoms with E-state index in [4.69, 9.17) is 9.72 Å². The van der Waals surface area contributed by atoms with Crippen LogP contribution < -0.4 is 9.64 Å². The van der Waals surface area contributed by atoms with E-state index in [2.05, 4.69) is 20.9 Å². The Morgan fingerprint density at radius 2 is 2.04 bits per heavy atom. The number of thiophene rings is 1. The zero-order chi connectivity index (χ0) is 19.5. The molecule has 5 nitrogen and oxygen atoms in total. The molecule has 0 saturated heterocycles. The topological polar surface area (TPSA) is 55.3 Å². The van der Waals surface area contributed by atoms with Crippen molar-refractivity contribution in [1.29, 1.82) is 0 Å². The Morgan fingerprint density at radius 1 is 1.14 bits per heavy atom. The summed E-state index contributed by atoms with van der Waals surface area (Å²) in [6, 6.07) is 15.2. The summed E-state index contributed by atoms with van der Waals surface area (Å²) in [5, 5.41) is 0.627. The van der Waals surface area contributed by atoms with Gasteiger partial charge in [0.25, 0.3) is 5.91 Å². The van der Waals surface area contributed by atoms with E-state index in [0.29, 0.717) is 23.2 Å². The van der Waals surface area contributed by atoms with Crippen LogP contribution in [0.4, 0.5) is 5.13 Å². The molecular formula is C20H16BrN3O2S2. The average Bonchev–Trinajstić information content (AvgIpc) is 3.33. The number of anilines is 1. The van der Waals surface area contributed by atoms with Crippen LogP contribution in [0.5, 0.6) is 5.75 Å². The Hall–Kier alpha value is -2.29. The fourth-order valence-electron chi connectivity index (χ4n) is 2.74. The number of hydrogen-bond donors (Lipinski definition) is 0. The van der Waals surface area contributed by atoms with E-state index in [0.717, 1.165) is 25.4 Å². The Kier molecular flexibility index (Phi) is 5.70. The number of carbonyl (C=O) groups is 1. The van der Waals surface area contributed by atoms with E-state index in [1.165, 1.54) is 22.7 Å². The van der Waals surface area contributed by atoms with Crippen LogP contribution in [0.25, 0.3) is 10.2 Å². The number of thiazole rings is 1. The van der Waals surface area contributed by atoms with Crippen molar-refractivity contribution in [2.45, 2.75) is 13.5 Å². The highest BCUT2D eigenvalue weighted by atomic mass is 79.9. The zero-order valence-corrected chi connectivity index (χ0v) is 18.2. The normalized spacial score (nSPS) is 10.9. The minimum atomic E-state index is -0.0987. The second-order valence-electron chi connectivity index (χ2n) is 5.85. The van der Waals surface area contributed by atoms with Gasteiger partial charge in [-0.3, -0.25) is 14.7 Å². The lowest BCUT2D eigenvalue weighted by atomic mass is 10.3. The molecule has 0 aliphatic carbocycles. The minimum absolute atomic E-state index is 0.0987. The fraction of sp³-hybridized carbons (Fsp3) is 0.150. The number of para-hydroxylation sites is 1. The van der Waals surface area contributed by atoms with Gasteiger partial charge in [-0.15, -0.1) is 11.3 Å². The number of hydrogen-bond acceptors (Lipinski definition) is 6. The van der Waals surface area contributed by atoms with E-state index in [1.54, 1.807) is 11.1 Å². The zero-order valence-electron chi connectivity index (χ0n) is 15.0. The summed E-state index contributed by atoms with van der Waals surface area (Å²) < 4.78 is 7.60. The molecular weight excluding hydrogens is 458 g/mol. The molecule has 0 saturated carbocycles. The number of aromatic nitrogens is 2. The Labute approximate surface area is 178 Å². The molecule has 0 unspecified atom stereocenters. The summed E-state index contributed by atoms with van der Waals surface area (Å²) in [6.45, 7) is 2.85. The molecule has 0 aliphatic rings. The van der Waals surface area contributed by atoms with Gasteiger partial charge in [0.15, 0.2) is 5.13 Å². The number of nitrogens with zero attached hydrogens (tertiary/aromatic N) is 3. The molecule has 28 heavy (non-hydrogen) atoms. The van der Waals surface area contributed by atoms with Crippen molar-refractivity contribution < 1.29 is 9.53 Å². The van der Waals surface area contributed by atoms with Gasteiger partial charge in [-0.2, -0.15) is 0 Å². The predicted molar refractivity (Wildman–Crippen MR) is 118 cm³/mol. The number of ether oxygens (including phenoxy) is 1. The van der Waals surface area contributed by atoms with Crippen LogP contribution in [0.3, 0.4) is 0 Å². The molecule has 142 valence electrons.